The van der Waals surface area contributed by atoms with Crippen LogP contribution in [0.25, 0.3) is 0 Å². The average molecular weight is 299 g/mol. The van der Waals surface area contributed by atoms with Gasteiger partial charge in [0, 0.05) is 5.57 Å². The summed E-state index contributed by atoms with van der Waals surface area (Å²) in [5.41, 5.74) is 0.339. The van der Waals surface area contributed by atoms with Crippen molar-refractivity contribution >= 4 is 12.1 Å². The van der Waals surface area contributed by atoms with Crippen LogP contribution >= 0.6 is 0 Å². The highest BCUT2D eigenvalue weighted by molar-refractivity contribution is 5.86. The van der Waals surface area contributed by atoms with Gasteiger partial charge in [0.05, 0.1) is 6.54 Å². The molecule has 0 aliphatic carbocycles. The topological polar surface area (TPSA) is 64.6 Å². The maximum Gasteiger partial charge on any atom is 0.407 e. The molecule has 0 aromatic heterocycles. The first kappa shape index (κ1) is 19.5. The van der Waals surface area contributed by atoms with Crippen molar-refractivity contribution in [1.82, 2.24) is 5.32 Å². The Kier molecular flexibility index (Phi) is 9.50. The number of amides is 1. The molecule has 122 valence electrons. The molecule has 0 fully saturated rings. The zero-order valence-electron chi connectivity index (χ0n) is 13.9. The van der Waals surface area contributed by atoms with Crippen molar-refractivity contribution in [2.24, 2.45) is 11.8 Å². The van der Waals surface area contributed by atoms with Gasteiger partial charge in [-0.1, -0.05) is 40.7 Å². The van der Waals surface area contributed by atoms with Gasteiger partial charge in [-0.25, -0.2) is 9.59 Å². The van der Waals surface area contributed by atoms with Crippen molar-refractivity contribution in [2.45, 2.75) is 53.6 Å². The highest BCUT2D eigenvalue weighted by Gasteiger charge is 2.20. The molecule has 1 amide bonds. The van der Waals surface area contributed by atoms with Crippen molar-refractivity contribution < 1.29 is 19.1 Å². The lowest BCUT2D eigenvalue weighted by molar-refractivity contribution is -0.138. The Morgan fingerprint density at radius 1 is 1.24 bits per heavy atom. The molecular formula is C16H29NO4. The quantitative estimate of drug-likeness (QED) is 0.403. The number of rotatable bonds is 9. The van der Waals surface area contributed by atoms with Gasteiger partial charge < -0.3 is 14.8 Å². The molecule has 5 nitrogen and oxygen atoms in total. The number of nitrogens with one attached hydrogen (secondary N) is 1. The van der Waals surface area contributed by atoms with E-state index in [1.54, 1.807) is 6.92 Å². The lowest BCUT2D eigenvalue weighted by Gasteiger charge is -2.24. The number of ether oxygens (including phenoxy) is 2. The average Bonchev–Trinajstić information content (AvgIpc) is 2.41. The Morgan fingerprint density at radius 2 is 1.86 bits per heavy atom. The molecule has 0 saturated carbocycles. The summed E-state index contributed by atoms with van der Waals surface area (Å²) in [5.74, 6) is 0.328. The molecular weight excluding hydrogens is 270 g/mol. The van der Waals surface area contributed by atoms with E-state index in [1.807, 2.05) is 13.8 Å². The molecule has 21 heavy (non-hydrogen) atoms. The van der Waals surface area contributed by atoms with Gasteiger partial charge in [-0.15, -0.1) is 0 Å². The molecule has 0 spiro atoms. The predicted molar refractivity (Wildman–Crippen MR) is 83.0 cm³/mol. The van der Waals surface area contributed by atoms with E-state index in [1.165, 1.54) is 0 Å². The standard InChI is InChI=1S/C16H29NO4/c1-7-13(6)10-14(11(2)3)21-16(19)17-8-9-20-15(18)12(4)5/h11,13-14H,4,7-10H2,1-3,5-6H3,(H,17,19). The molecule has 2 unspecified atom stereocenters. The second-order valence-corrected chi connectivity index (χ2v) is 5.78. The predicted octanol–water partition coefficient (Wildman–Crippen LogP) is 3.29. The fourth-order valence-electron chi connectivity index (χ4n) is 1.62. The maximum absolute atomic E-state index is 11.7. The first-order chi connectivity index (χ1) is 9.77. The summed E-state index contributed by atoms with van der Waals surface area (Å²) in [5, 5.41) is 2.59. The monoisotopic (exact) mass is 299 g/mol. The third-order valence-electron chi connectivity index (χ3n) is 3.29. The van der Waals surface area contributed by atoms with Crippen LogP contribution in [0.5, 0.6) is 0 Å². The summed E-state index contributed by atoms with van der Waals surface area (Å²) in [6.07, 6.45) is 1.35. The second-order valence-electron chi connectivity index (χ2n) is 5.78. The van der Waals surface area contributed by atoms with Crippen molar-refractivity contribution in [3.63, 3.8) is 0 Å². The third kappa shape index (κ3) is 9.10. The number of carbonyl (C=O) groups excluding carboxylic acids is 2. The van der Waals surface area contributed by atoms with E-state index in [9.17, 15) is 9.59 Å². The number of alkyl carbamates (subject to hydrolysis) is 1. The number of esters is 1. The Balaban J connectivity index is 4.04. The van der Waals surface area contributed by atoms with Crippen LogP contribution < -0.4 is 5.32 Å². The second kappa shape index (κ2) is 10.2. The van der Waals surface area contributed by atoms with Crippen molar-refractivity contribution in [2.75, 3.05) is 13.2 Å². The van der Waals surface area contributed by atoms with Crippen molar-refractivity contribution in [1.29, 1.82) is 0 Å². The van der Waals surface area contributed by atoms with E-state index < -0.39 is 12.1 Å². The number of carbonyl (C=O) groups is 2. The Morgan fingerprint density at radius 3 is 2.33 bits per heavy atom. The van der Waals surface area contributed by atoms with Crippen LogP contribution in [0.15, 0.2) is 12.2 Å². The van der Waals surface area contributed by atoms with Gasteiger partial charge in [-0.05, 0) is 25.2 Å². The molecule has 0 aliphatic rings. The Hall–Kier alpha value is -1.52. The van der Waals surface area contributed by atoms with Crippen LogP contribution in [-0.4, -0.2) is 31.3 Å². The Labute approximate surface area is 128 Å². The number of hydrogen-bond donors (Lipinski definition) is 1. The molecule has 5 heteroatoms. The van der Waals surface area contributed by atoms with Gasteiger partial charge in [0.15, 0.2) is 0 Å². The van der Waals surface area contributed by atoms with Crippen LogP contribution in [0.2, 0.25) is 0 Å². The van der Waals surface area contributed by atoms with E-state index in [0.717, 1.165) is 12.8 Å². The van der Waals surface area contributed by atoms with Crippen LogP contribution in [0.3, 0.4) is 0 Å². The van der Waals surface area contributed by atoms with Gasteiger partial charge in [-0.3, -0.25) is 0 Å². The van der Waals surface area contributed by atoms with E-state index >= 15 is 0 Å². The molecule has 1 N–H and O–H groups in total. The molecule has 0 saturated heterocycles. The van der Waals surface area contributed by atoms with Gasteiger partial charge in [0.25, 0.3) is 0 Å². The van der Waals surface area contributed by atoms with Crippen LogP contribution in [-0.2, 0) is 14.3 Å². The number of hydrogen-bond acceptors (Lipinski definition) is 4. The van der Waals surface area contributed by atoms with E-state index in [-0.39, 0.29) is 25.2 Å². The molecule has 0 radical (unpaired) electrons. The first-order valence-corrected chi connectivity index (χ1v) is 7.55. The molecule has 0 rings (SSSR count). The minimum atomic E-state index is -0.469. The summed E-state index contributed by atoms with van der Waals surface area (Å²) in [6, 6.07) is 0. The minimum Gasteiger partial charge on any atom is -0.460 e. The molecule has 0 aliphatic heterocycles. The maximum atomic E-state index is 11.7. The zero-order chi connectivity index (χ0) is 16.4. The highest BCUT2D eigenvalue weighted by Crippen LogP contribution is 2.18. The van der Waals surface area contributed by atoms with Gasteiger partial charge >= 0.3 is 12.1 Å². The fourth-order valence-corrected chi connectivity index (χ4v) is 1.62. The summed E-state index contributed by atoms with van der Waals surface area (Å²) < 4.78 is 10.3. The van der Waals surface area contributed by atoms with Gasteiger partial charge in [0.2, 0.25) is 0 Å². The molecule has 0 heterocycles. The summed E-state index contributed by atoms with van der Waals surface area (Å²) in [6.45, 7) is 13.7. The minimum absolute atomic E-state index is 0.0991. The van der Waals surface area contributed by atoms with Crippen molar-refractivity contribution in [3.8, 4) is 0 Å². The normalized spacial score (nSPS) is 13.4. The molecule has 2 atom stereocenters. The lowest BCUT2D eigenvalue weighted by atomic mass is 9.94. The molecule has 0 aromatic rings. The smallest absolute Gasteiger partial charge is 0.407 e. The summed E-state index contributed by atoms with van der Waals surface area (Å²) in [4.78, 5) is 22.9. The van der Waals surface area contributed by atoms with Crippen LogP contribution in [0.1, 0.15) is 47.5 Å². The fraction of sp³-hybridized carbons (Fsp3) is 0.750. The summed E-state index contributed by atoms with van der Waals surface area (Å²) in [7, 11) is 0. The van der Waals surface area contributed by atoms with E-state index in [0.29, 0.717) is 11.5 Å². The first-order valence-electron chi connectivity index (χ1n) is 7.55. The summed E-state index contributed by atoms with van der Waals surface area (Å²) >= 11 is 0. The largest absolute Gasteiger partial charge is 0.460 e. The van der Waals surface area contributed by atoms with E-state index in [2.05, 4.69) is 25.7 Å². The third-order valence-corrected chi connectivity index (χ3v) is 3.29. The van der Waals surface area contributed by atoms with Gasteiger partial charge in [-0.2, -0.15) is 0 Å². The lowest BCUT2D eigenvalue weighted by Crippen LogP contribution is -2.34. The SMILES string of the molecule is C=C(C)C(=O)OCCNC(=O)OC(CC(C)CC)C(C)C. The van der Waals surface area contributed by atoms with E-state index in [4.69, 9.17) is 9.47 Å². The van der Waals surface area contributed by atoms with Crippen LogP contribution in [0.4, 0.5) is 4.79 Å². The Bertz CT molecular complexity index is 352. The van der Waals surface area contributed by atoms with Gasteiger partial charge in [0.1, 0.15) is 12.7 Å². The molecule has 0 bridgehead atoms. The van der Waals surface area contributed by atoms with Crippen LogP contribution in [0, 0.1) is 11.8 Å². The molecule has 0 aromatic carbocycles. The van der Waals surface area contributed by atoms with Crippen molar-refractivity contribution in [3.05, 3.63) is 12.2 Å². The zero-order valence-corrected chi connectivity index (χ0v) is 13.9. The highest BCUT2D eigenvalue weighted by atomic mass is 16.6.